The quantitative estimate of drug-likeness (QED) is 0.324. The van der Waals surface area contributed by atoms with E-state index in [4.69, 9.17) is 4.98 Å². The first-order valence-corrected chi connectivity index (χ1v) is 15.9. The number of benzene rings is 2. The van der Waals surface area contributed by atoms with Crippen LogP contribution in [-0.4, -0.2) is 91.3 Å². The molecule has 1 atom stereocenters. The lowest BCUT2D eigenvalue weighted by molar-refractivity contribution is 0.264. The molecule has 42 heavy (non-hydrogen) atoms. The Labute approximate surface area is 247 Å². The number of rotatable bonds is 8. The van der Waals surface area contributed by atoms with Crippen LogP contribution >= 0.6 is 0 Å². The fourth-order valence-corrected chi connectivity index (χ4v) is 6.92. The standard InChI is InChI=1S/C31H37F2N7OS/c1-21-4-5-24(14-23(21)18-39-8-7-25(19-39)37(2)3)35-31-34-17-22-6-9-40(30(22)36-31)26-15-28(32)27(29(33)16-26)20-38-10-12-42(41)13-11-38/h4-6,9,14-17,25H,7-8,10-13,18-20H2,1-3H3,(H,34,35,36). The Balaban J connectivity index is 1.21. The monoisotopic (exact) mass is 593 g/mol. The van der Waals surface area contributed by atoms with Gasteiger partial charge in [0.15, 0.2) is 0 Å². The van der Waals surface area contributed by atoms with Gasteiger partial charge in [0.2, 0.25) is 5.95 Å². The van der Waals surface area contributed by atoms with Gasteiger partial charge in [0.25, 0.3) is 0 Å². The van der Waals surface area contributed by atoms with Crippen LogP contribution in [0.2, 0.25) is 0 Å². The largest absolute Gasteiger partial charge is 0.324 e. The highest BCUT2D eigenvalue weighted by Gasteiger charge is 2.24. The van der Waals surface area contributed by atoms with Crippen LogP contribution in [-0.2, 0) is 23.9 Å². The summed E-state index contributed by atoms with van der Waals surface area (Å²) in [6.45, 7) is 6.46. The summed E-state index contributed by atoms with van der Waals surface area (Å²) in [6.07, 6.45) is 4.64. The third-order valence-electron chi connectivity index (χ3n) is 8.46. The topological polar surface area (TPSA) is 69.5 Å². The second-order valence-electron chi connectivity index (χ2n) is 11.6. The third kappa shape index (κ3) is 6.24. The van der Waals surface area contributed by atoms with Gasteiger partial charge >= 0.3 is 0 Å². The molecule has 2 aliphatic heterocycles. The van der Waals surface area contributed by atoms with Gasteiger partial charge in [-0.3, -0.25) is 14.0 Å². The van der Waals surface area contributed by atoms with Crippen molar-refractivity contribution in [2.75, 3.05) is 57.1 Å². The molecule has 11 heteroatoms. The summed E-state index contributed by atoms with van der Waals surface area (Å²) < 4.78 is 43.7. The Bertz CT molecular complexity index is 1590. The number of anilines is 2. The summed E-state index contributed by atoms with van der Waals surface area (Å²) in [7, 11) is 3.44. The Kier molecular flexibility index (Phi) is 8.35. The van der Waals surface area contributed by atoms with E-state index in [1.54, 1.807) is 17.0 Å². The summed E-state index contributed by atoms with van der Waals surface area (Å²) in [5, 5.41) is 4.09. The third-order valence-corrected chi connectivity index (χ3v) is 9.74. The maximum absolute atomic E-state index is 15.2. The Hall–Kier alpha value is -3.25. The van der Waals surface area contributed by atoms with Crippen LogP contribution in [0.15, 0.2) is 48.8 Å². The van der Waals surface area contributed by atoms with Crippen molar-refractivity contribution in [1.82, 2.24) is 29.2 Å². The predicted octanol–water partition coefficient (Wildman–Crippen LogP) is 4.45. The number of aryl methyl sites for hydroxylation is 1. The first-order valence-electron chi connectivity index (χ1n) is 14.4. The molecule has 2 aromatic carbocycles. The molecule has 0 spiro atoms. The molecular weight excluding hydrogens is 556 g/mol. The lowest BCUT2D eigenvalue weighted by Gasteiger charge is -2.26. The molecule has 2 saturated heterocycles. The van der Waals surface area contributed by atoms with Gasteiger partial charge in [-0.25, -0.2) is 13.8 Å². The van der Waals surface area contributed by atoms with E-state index in [-0.39, 0.29) is 12.1 Å². The molecule has 0 aliphatic carbocycles. The normalized spacial score (nSPS) is 18.9. The van der Waals surface area contributed by atoms with Gasteiger partial charge in [0.05, 0.1) is 5.69 Å². The first kappa shape index (κ1) is 28.9. The summed E-state index contributed by atoms with van der Waals surface area (Å²) in [6, 6.07) is 11.4. The highest BCUT2D eigenvalue weighted by Crippen LogP contribution is 2.26. The SMILES string of the molecule is Cc1ccc(Nc2ncc3ccn(-c4cc(F)c(CN5CCS(=O)CC5)c(F)c4)c3n2)cc1CN1CCC(N(C)C)C1. The molecule has 1 unspecified atom stereocenters. The molecule has 2 fully saturated rings. The van der Waals surface area contributed by atoms with E-state index in [0.29, 0.717) is 47.9 Å². The fraction of sp³-hybridized carbons (Fsp3) is 0.419. The van der Waals surface area contributed by atoms with Crippen LogP contribution in [0.1, 0.15) is 23.1 Å². The summed E-state index contributed by atoms with van der Waals surface area (Å²) >= 11 is 0. The fourth-order valence-electron chi connectivity index (χ4n) is 5.79. The Morgan fingerprint density at radius 1 is 1.02 bits per heavy atom. The van der Waals surface area contributed by atoms with Crippen molar-refractivity contribution in [1.29, 1.82) is 0 Å². The van der Waals surface area contributed by atoms with Gasteiger partial charge in [-0.2, -0.15) is 4.98 Å². The number of halogens is 2. The number of likely N-dealkylation sites (tertiary alicyclic amines) is 1. The number of hydrogen-bond acceptors (Lipinski definition) is 7. The highest BCUT2D eigenvalue weighted by atomic mass is 32.2. The predicted molar refractivity (Wildman–Crippen MR) is 164 cm³/mol. The van der Waals surface area contributed by atoms with Crippen molar-refractivity contribution in [2.24, 2.45) is 0 Å². The average molecular weight is 594 g/mol. The number of fused-ring (bicyclic) bond motifs is 1. The molecule has 4 aromatic rings. The van der Waals surface area contributed by atoms with E-state index in [9.17, 15) is 4.21 Å². The van der Waals surface area contributed by atoms with Crippen molar-refractivity contribution in [3.8, 4) is 5.69 Å². The van der Waals surface area contributed by atoms with E-state index in [1.807, 2.05) is 17.0 Å². The molecule has 0 saturated carbocycles. The summed E-state index contributed by atoms with van der Waals surface area (Å²) in [4.78, 5) is 15.9. The minimum Gasteiger partial charge on any atom is -0.324 e. The highest BCUT2D eigenvalue weighted by molar-refractivity contribution is 7.85. The number of hydrogen-bond donors (Lipinski definition) is 1. The zero-order valence-electron chi connectivity index (χ0n) is 24.3. The van der Waals surface area contributed by atoms with E-state index in [2.05, 4.69) is 53.3 Å². The maximum atomic E-state index is 15.2. The second-order valence-corrected chi connectivity index (χ2v) is 13.3. The molecule has 0 radical (unpaired) electrons. The van der Waals surface area contributed by atoms with Crippen molar-refractivity contribution >= 4 is 33.5 Å². The molecular formula is C31H37F2N7OS. The van der Waals surface area contributed by atoms with Crippen molar-refractivity contribution < 1.29 is 13.0 Å². The Morgan fingerprint density at radius 2 is 1.79 bits per heavy atom. The van der Waals surface area contributed by atoms with Crippen LogP contribution in [0.25, 0.3) is 16.7 Å². The van der Waals surface area contributed by atoms with Crippen molar-refractivity contribution in [2.45, 2.75) is 32.5 Å². The molecule has 6 rings (SSSR count). The smallest absolute Gasteiger partial charge is 0.229 e. The second kappa shape index (κ2) is 12.2. The van der Waals surface area contributed by atoms with Crippen LogP contribution in [0, 0.1) is 18.6 Å². The van der Waals surface area contributed by atoms with Gasteiger partial charge < -0.3 is 14.8 Å². The average Bonchev–Trinajstić information content (AvgIpc) is 3.61. The molecule has 1 N–H and O–H groups in total. The molecule has 2 aromatic heterocycles. The molecule has 8 nitrogen and oxygen atoms in total. The van der Waals surface area contributed by atoms with E-state index in [0.717, 1.165) is 30.7 Å². The first-order chi connectivity index (χ1) is 20.2. The molecule has 222 valence electrons. The number of likely N-dealkylation sites (N-methyl/N-ethyl adjacent to an activating group) is 1. The van der Waals surface area contributed by atoms with Crippen molar-refractivity contribution in [3.63, 3.8) is 0 Å². The van der Waals surface area contributed by atoms with Crippen LogP contribution in [0.4, 0.5) is 20.4 Å². The number of aromatic nitrogens is 3. The van der Waals surface area contributed by atoms with Gasteiger partial charge in [-0.05, 0) is 68.9 Å². The van der Waals surface area contributed by atoms with E-state index in [1.165, 1.54) is 29.7 Å². The minimum absolute atomic E-state index is 0.0289. The zero-order chi connectivity index (χ0) is 29.4. The summed E-state index contributed by atoms with van der Waals surface area (Å²) in [5.74, 6) is 0.269. The number of nitrogens with zero attached hydrogens (tertiary/aromatic N) is 6. The maximum Gasteiger partial charge on any atom is 0.229 e. The minimum atomic E-state index is -0.842. The van der Waals surface area contributed by atoms with Crippen LogP contribution in [0.3, 0.4) is 0 Å². The lowest BCUT2D eigenvalue weighted by Crippen LogP contribution is -2.37. The van der Waals surface area contributed by atoms with E-state index >= 15 is 8.78 Å². The molecule has 2 aliphatic rings. The van der Waals surface area contributed by atoms with Gasteiger partial charge in [0.1, 0.15) is 17.3 Å². The van der Waals surface area contributed by atoms with Crippen LogP contribution < -0.4 is 5.32 Å². The van der Waals surface area contributed by atoms with Crippen LogP contribution in [0.5, 0.6) is 0 Å². The van der Waals surface area contributed by atoms with Gasteiger partial charge in [0, 0.05) is 96.6 Å². The number of nitrogens with one attached hydrogen (secondary N) is 1. The van der Waals surface area contributed by atoms with E-state index < -0.39 is 22.4 Å². The van der Waals surface area contributed by atoms with Crippen molar-refractivity contribution in [3.05, 3.63) is 77.1 Å². The zero-order valence-corrected chi connectivity index (χ0v) is 25.1. The molecule has 4 heterocycles. The molecule has 0 bridgehead atoms. The Morgan fingerprint density at radius 3 is 2.50 bits per heavy atom. The van der Waals surface area contributed by atoms with Gasteiger partial charge in [-0.15, -0.1) is 0 Å². The van der Waals surface area contributed by atoms with Gasteiger partial charge in [-0.1, -0.05) is 6.07 Å². The lowest BCUT2D eigenvalue weighted by atomic mass is 10.1. The summed E-state index contributed by atoms with van der Waals surface area (Å²) in [5.41, 5.74) is 4.32. The molecule has 0 amide bonds.